The lowest BCUT2D eigenvalue weighted by atomic mass is 10.2. The summed E-state index contributed by atoms with van der Waals surface area (Å²) < 4.78 is 24.9. The van der Waals surface area contributed by atoms with Crippen molar-refractivity contribution in [1.82, 2.24) is 9.88 Å². The maximum Gasteiger partial charge on any atom is 0.260 e. The first kappa shape index (κ1) is 23.6. The van der Waals surface area contributed by atoms with Crippen LogP contribution in [-0.4, -0.2) is 57.6 Å². The minimum Gasteiger partial charge on any atom is -0.308 e. The lowest BCUT2D eigenvalue weighted by molar-refractivity contribution is 0.0985. The standard InChI is InChI=1S/C19H20ClN3O3S2.ClH/c1-22(2)11-12-23(18(24)13-7-9-14(20)10-8-13)19-21-17-15(27-19)5-4-6-16(17)28(3,25)26;/h4-10H,11-12H2,1-3H3;1H. The molecule has 0 spiro atoms. The molecule has 3 rings (SSSR count). The quantitative estimate of drug-likeness (QED) is 0.541. The summed E-state index contributed by atoms with van der Waals surface area (Å²) in [6.45, 7) is 1.05. The van der Waals surface area contributed by atoms with Crippen molar-refractivity contribution in [1.29, 1.82) is 0 Å². The highest BCUT2D eigenvalue weighted by molar-refractivity contribution is 7.91. The fourth-order valence-electron chi connectivity index (χ4n) is 2.66. The molecule has 2 aromatic carbocycles. The van der Waals surface area contributed by atoms with Crippen LogP contribution in [0.1, 0.15) is 10.4 Å². The van der Waals surface area contributed by atoms with Crippen molar-refractivity contribution >= 4 is 66.4 Å². The van der Waals surface area contributed by atoms with Gasteiger partial charge in [-0.25, -0.2) is 13.4 Å². The molecule has 0 N–H and O–H groups in total. The summed E-state index contributed by atoms with van der Waals surface area (Å²) in [6.07, 6.45) is 1.16. The summed E-state index contributed by atoms with van der Waals surface area (Å²) in [4.78, 5) is 21.4. The van der Waals surface area contributed by atoms with Gasteiger partial charge in [0.15, 0.2) is 15.0 Å². The van der Waals surface area contributed by atoms with Gasteiger partial charge in [0.2, 0.25) is 0 Å². The van der Waals surface area contributed by atoms with Crippen LogP contribution < -0.4 is 4.90 Å². The van der Waals surface area contributed by atoms with Gasteiger partial charge >= 0.3 is 0 Å². The molecule has 0 fully saturated rings. The third kappa shape index (κ3) is 5.46. The number of hydrogen-bond donors (Lipinski definition) is 0. The van der Waals surface area contributed by atoms with Crippen molar-refractivity contribution < 1.29 is 13.2 Å². The molecule has 1 amide bonds. The fraction of sp³-hybridized carbons (Fsp3) is 0.263. The Labute approximate surface area is 185 Å². The summed E-state index contributed by atoms with van der Waals surface area (Å²) in [5.74, 6) is -0.210. The zero-order valence-corrected chi connectivity index (χ0v) is 19.3. The fourth-order valence-corrected chi connectivity index (χ4v) is 4.70. The lowest BCUT2D eigenvalue weighted by Crippen LogP contribution is -2.36. The van der Waals surface area contributed by atoms with E-state index in [4.69, 9.17) is 11.6 Å². The van der Waals surface area contributed by atoms with Gasteiger partial charge in [-0.15, -0.1) is 12.4 Å². The van der Waals surface area contributed by atoms with Crippen molar-refractivity contribution in [2.24, 2.45) is 0 Å². The van der Waals surface area contributed by atoms with Crippen molar-refractivity contribution in [3.8, 4) is 0 Å². The molecule has 0 bridgehead atoms. The lowest BCUT2D eigenvalue weighted by Gasteiger charge is -2.22. The Morgan fingerprint density at radius 1 is 1.10 bits per heavy atom. The first-order valence-corrected chi connectivity index (χ1v) is 11.6. The molecule has 0 radical (unpaired) electrons. The molecule has 3 aromatic rings. The Balaban J connectivity index is 0.00000300. The largest absolute Gasteiger partial charge is 0.308 e. The summed E-state index contributed by atoms with van der Waals surface area (Å²) in [5.41, 5.74) is 0.884. The van der Waals surface area contributed by atoms with Gasteiger partial charge in [0.05, 0.1) is 9.60 Å². The van der Waals surface area contributed by atoms with Gasteiger partial charge in [-0.3, -0.25) is 9.69 Å². The predicted octanol–water partition coefficient (Wildman–Crippen LogP) is 3.98. The predicted molar refractivity (Wildman–Crippen MR) is 122 cm³/mol. The molecule has 0 aliphatic carbocycles. The third-order valence-corrected chi connectivity index (χ3v) is 6.53. The van der Waals surface area contributed by atoms with Crippen molar-refractivity contribution in [3.05, 3.63) is 53.1 Å². The molecule has 29 heavy (non-hydrogen) atoms. The highest BCUT2D eigenvalue weighted by Gasteiger charge is 2.23. The number of aromatic nitrogens is 1. The molecule has 0 atom stereocenters. The van der Waals surface area contributed by atoms with Crippen LogP contribution in [0.15, 0.2) is 47.4 Å². The summed E-state index contributed by atoms with van der Waals surface area (Å²) >= 11 is 7.23. The number of anilines is 1. The zero-order chi connectivity index (χ0) is 20.5. The molecule has 10 heteroatoms. The highest BCUT2D eigenvalue weighted by atomic mass is 35.5. The number of halogens is 2. The number of sulfone groups is 1. The monoisotopic (exact) mass is 473 g/mol. The Kier molecular flexibility index (Phi) is 7.64. The number of nitrogens with zero attached hydrogens (tertiary/aromatic N) is 3. The molecule has 0 unspecified atom stereocenters. The van der Waals surface area contributed by atoms with Crippen molar-refractivity contribution in [3.63, 3.8) is 0 Å². The first-order valence-electron chi connectivity index (χ1n) is 8.48. The van der Waals surface area contributed by atoms with Gasteiger partial charge in [-0.1, -0.05) is 29.0 Å². The van der Waals surface area contributed by atoms with Gasteiger partial charge in [0.1, 0.15) is 5.52 Å². The molecule has 1 heterocycles. The summed E-state index contributed by atoms with van der Waals surface area (Å²) in [6, 6.07) is 11.7. The van der Waals surface area contributed by atoms with E-state index in [1.165, 1.54) is 17.4 Å². The van der Waals surface area contributed by atoms with E-state index < -0.39 is 9.84 Å². The van der Waals surface area contributed by atoms with Crippen LogP contribution in [0, 0.1) is 0 Å². The Morgan fingerprint density at radius 3 is 2.34 bits per heavy atom. The molecule has 0 aliphatic heterocycles. The summed E-state index contributed by atoms with van der Waals surface area (Å²) in [5, 5.41) is 1.02. The van der Waals surface area contributed by atoms with Crippen LogP contribution in [-0.2, 0) is 9.84 Å². The average molecular weight is 474 g/mol. The number of carbonyl (C=O) groups is 1. The van der Waals surface area contributed by atoms with Gasteiger partial charge in [-0.05, 0) is 50.5 Å². The second-order valence-corrected chi connectivity index (χ2v) is 10.1. The van der Waals surface area contributed by atoms with E-state index in [0.717, 1.165) is 11.0 Å². The number of carbonyl (C=O) groups excluding carboxylic acids is 1. The Morgan fingerprint density at radius 2 is 1.76 bits per heavy atom. The van der Waals surface area contributed by atoms with E-state index in [-0.39, 0.29) is 23.2 Å². The number of benzene rings is 2. The van der Waals surface area contributed by atoms with Crippen LogP contribution in [0.3, 0.4) is 0 Å². The Bertz CT molecular complexity index is 1110. The topological polar surface area (TPSA) is 70.6 Å². The average Bonchev–Trinajstić information content (AvgIpc) is 3.04. The number of rotatable bonds is 6. The van der Waals surface area contributed by atoms with Crippen LogP contribution in [0.25, 0.3) is 10.2 Å². The molecule has 0 saturated heterocycles. The van der Waals surface area contributed by atoms with E-state index in [1.807, 2.05) is 25.1 Å². The van der Waals surface area contributed by atoms with Gasteiger partial charge in [-0.2, -0.15) is 0 Å². The summed E-state index contributed by atoms with van der Waals surface area (Å²) in [7, 11) is 0.417. The van der Waals surface area contributed by atoms with E-state index in [0.29, 0.717) is 34.3 Å². The molecular formula is C19H21Cl2N3O3S2. The van der Waals surface area contributed by atoms with Gasteiger partial charge < -0.3 is 4.90 Å². The minimum absolute atomic E-state index is 0. The molecular weight excluding hydrogens is 453 g/mol. The number of likely N-dealkylation sites (N-methyl/N-ethyl adjacent to an activating group) is 1. The normalized spacial score (nSPS) is 11.5. The Hall–Kier alpha value is -1.71. The SMILES string of the molecule is CN(C)CCN(C(=O)c1ccc(Cl)cc1)c1nc2c(S(C)(=O)=O)cccc2s1.Cl. The number of amides is 1. The second kappa shape index (κ2) is 9.40. The van der Waals surface area contributed by atoms with Crippen LogP contribution in [0.4, 0.5) is 5.13 Å². The molecule has 6 nitrogen and oxygen atoms in total. The number of hydrogen-bond acceptors (Lipinski definition) is 6. The molecule has 0 saturated carbocycles. The highest BCUT2D eigenvalue weighted by Crippen LogP contribution is 2.33. The maximum absolute atomic E-state index is 13.1. The van der Waals surface area contributed by atoms with Crippen molar-refractivity contribution in [2.45, 2.75) is 4.90 Å². The first-order chi connectivity index (χ1) is 13.2. The smallest absolute Gasteiger partial charge is 0.260 e. The molecule has 0 aliphatic rings. The van der Waals surface area contributed by atoms with Gasteiger partial charge in [0.25, 0.3) is 5.91 Å². The van der Waals surface area contributed by atoms with E-state index in [1.54, 1.807) is 35.2 Å². The number of thiazole rings is 1. The second-order valence-electron chi connectivity index (χ2n) is 6.64. The minimum atomic E-state index is -3.43. The van der Waals surface area contributed by atoms with E-state index in [9.17, 15) is 13.2 Å². The van der Waals surface area contributed by atoms with Crippen molar-refractivity contribution in [2.75, 3.05) is 38.3 Å². The van der Waals surface area contributed by atoms with Crippen LogP contribution >= 0.6 is 35.3 Å². The van der Waals surface area contributed by atoms with Crippen LogP contribution in [0.5, 0.6) is 0 Å². The van der Waals surface area contributed by atoms with Gasteiger partial charge in [0, 0.05) is 29.9 Å². The van der Waals surface area contributed by atoms with E-state index >= 15 is 0 Å². The zero-order valence-electron chi connectivity index (χ0n) is 16.1. The number of para-hydroxylation sites is 1. The molecule has 1 aromatic heterocycles. The van der Waals surface area contributed by atoms with Crippen LogP contribution in [0.2, 0.25) is 5.02 Å². The number of fused-ring (bicyclic) bond motifs is 1. The molecule has 156 valence electrons. The maximum atomic E-state index is 13.1. The third-order valence-electron chi connectivity index (χ3n) is 4.11. The van der Waals surface area contributed by atoms with E-state index in [2.05, 4.69) is 4.98 Å².